The number of rotatable bonds is 60. The van der Waals surface area contributed by atoms with Crippen LogP contribution in [0.4, 0.5) is 0 Å². The summed E-state index contributed by atoms with van der Waals surface area (Å²) < 4.78 is 5.48. The third kappa shape index (κ3) is 57.5. The van der Waals surface area contributed by atoms with E-state index in [1.165, 1.54) is 270 Å². The van der Waals surface area contributed by atoms with E-state index in [-0.39, 0.29) is 18.5 Å². The first-order chi connectivity index (χ1) is 35.0. The number of aliphatic hydroxyl groups is 2. The molecule has 0 rings (SSSR count). The lowest BCUT2D eigenvalue weighted by molar-refractivity contribution is -0.143. The lowest BCUT2D eigenvalue weighted by Gasteiger charge is -2.20. The van der Waals surface area contributed by atoms with Gasteiger partial charge < -0.3 is 20.3 Å². The molecule has 0 spiro atoms. The smallest absolute Gasteiger partial charge is 0.305 e. The zero-order valence-electron chi connectivity index (χ0n) is 48.0. The standard InChI is InChI=1S/C65H125NO5/c1-3-5-7-9-11-13-15-17-19-20-21-22-23-24-27-30-33-37-41-45-49-53-57-63(68)62(61-67)66-64(69)58-54-50-46-42-38-34-31-28-25-26-29-32-36-40-44-48-52-56-60-71-65(70)59-55-51-47-43-39-35-18-16-14-12-10-8-6-4-2/h28,31,53,57,62-63,67-68H,3-27,29-30,32-52,54-56,58-61H2,1-2H3,(H,66,69)/b31-28-,57-53+. The molecule has 71 heavy (non-hydrogen) atoms. The summed E-state index contributed by atoms with van der Waals surface area (Å²) in [7, 11) is 0. The summed E-state index contributed by atoms with van der Waals surface area (Å²) in [6.07, 6.45) is 75.1. The van der Waals surface area contributed by atoms with Gasteiger partial charge in [-0.05, 0) is 57.8 Å². The third-order valence-corrected chi connectivity index (χ3v) is 15.0. The van der Waals surface area contributed by atoms with Crippen LogP contribution in [0.1, 0.15) is 354 Å². The lowest BCUT2D eigenvalue weighted by Crippen LogP contribution is -2.45. The van der Waals surface area contributed by atoms with Crippen LogP contribution in [0.3, 0.4) is 0 Å². The monoisotopic (exact) mass is 1000 g/mol. The van der Waals surface area contributed by atoms with Crippen molar-refractivity contribution in [3.63, 3.8) is 0 Å². The predicted molar refractivity (Wildman–Crippen MR) is 310 cm³/mol. The highest BCUT2D eigenvalue weighted by molar-refractivity contribution is 5.76. The first kappa shape index (κ1) is 69.3. The molecule has 0 aromatic heterocycles. The highest BCUT2D eigenvalue weighted by atomic mass is 16.5. The molecule has 0 aromatic rings. The van der Waals surface area contributed by atoms with Gasteiger partial charge in [-0.1, -0.05) is 308 Å². The van der Waals surface area contributed by atoms with Crippen molar-refractivity contribution in [1.29, 1.82) is 0 Å². The van der Waals surface area contributed by atoms with Gasteiger partial charge in [0, 0.05) is 12.8 Å². The number of nitrogens with one attached hydrogen (secondary N) is 1. The summed E-state index contributed by atoms with van der Waals surface area (Å²) in [6, 6.07) is -0.639. The molecule has 0 fully saturated rings. The van der Waals surface area contributed by atoms with E-state index < -0.39 is 12.1 Å². The second-order valence-electron chi connectivity index (χ2n) is 22.1. The van der Waals surface area contributed by atoms with Crippen LogP contribution < -0.4 is 5.32 Å². The number of allylic oxidation sites excluding steroid dienone is 3. The molecule has 420 valence electrons. The summed E-state index contributed by atoms with van der Waals surface area (Å²) in [4.78, 5) is 24.6. The first-order valence-corrected chi connectivity index (χ1v) is 32.1. The molecule has 2 atom stereocenters. The summed E-state index contributed by atoms with van der Waals surface area (Å²) >= 11 is 0. The van der Waals surface area contributed by atoms with Crippen LogP contribution in [0, 0.1) is 0 Å². The van der Waals surface area contributed by atoms with Crippen LogP contribution in [0.15, 0.2) is 24.3 Å². The van der Waals surface area contributed by atoms with Gasteiger partial charge in [-0.2, -0.15) is 0 Å². The first-order valence-electron chi connectivity index (χ1n) is 32.1. The second-order valence-corrected chi connectivity index (χ2v) is 22.1. The van der Waals surface area contributed by atoms with Crippen molar-refractivity contribution < 1.29 is 24.5 Å². The van der Waals surface area contributed by atoms with Crippen LogP contribution in [0.2, 0.25) is 0 Å². The van der Waals surface area contributed by atoms with E-state index in [9.17, 15) is 19.8 Å². The van der Waals surface area contributed by atoms with Crippen molar-refractivity contribution in [3.8, 4) is 0 Å². The minimum atomic E-state index is -0.854. The molecule has 0 radical (unpaired) electrons. The fraction of sp³-hybridized carbons (Fsp3) is 0.908. The number of carbonyl (C=O) groups is 2. The van der Waals surface area contributed by atoms with E-state index in [1.807, 2.05) is 6.08 Å². The van der Waals surface area contributed by atoms with Crippen LogP contribution in [0.25, 0.3) is 0 Å². The molecule has 1 amide bonds. The molecule has 2 unspecified atom stereocenters. The summed E-state index contributed by atoms with van der Waals surface area (Å²) in [6.45, 7) is 4.92. The van der Waals surface area contributed by atoms with Crippen molar-refractivity contribution >= 4 is 11.9 Å². The van der Waals surface area contributed by atoms with Crippen molar-refractivity contribution in [2.45, 2.75) is 366 Å². The number of ether oxygens (including phenoxy) is 1. The molecular formula is C65H125NO5. The Hall–Kier alpha value is -1.66. The van der Waals surface area contributed by atoms with Crippen LogP contribution in [0.5, 0.6) is 0 Å². The highest BCUT2D eigenvalue weighted by Gasteiger charge is 2.18. The Morgan fingerprint density at radius 2 is 0.662 bits per heavy atom. The quantitative estimate of drug-likeness (QED) is 0.0320. The van der Waals surface area contributed by atoms with E-state index in [4.69, 9.17) is 4.74 Å². The van der Waals surface area contributed by atoms with Gasteiger partial charge >= 0.3 is 5.97 Å². The Morgan fingerprint density at radius 1 is 0.380 bits per heavy atom. The van der Waals surface area contributed by atoms with Gasteiger partial charge in [0.25, 0.3) is 0 Å². The van der Waals surface area contributed by atoms with Crippen molar-refractivity contribution in [2.24, 2.45) is 0 Å². The van der Waals surface area contributed by atoms with Crippen molar-refractivity contribution in [2.75, 3.05) is 13.2 Å². The molecule has 6 nitrogen and oxygen atoms in total. The van der Waals surface area contributed by atoms with Gasteiger partial charge in [-0.3, -0.25) is 9.59 Å². The number of unbranched alkanes of at least 4 members (excludes halogenated alkanes) is 47. The molecule has 0 saturated carbocycles. The maximum absolute atomic E-state index is 12.5. The summed E-state index contributed by atoms with van der Waals surface area (Å²) in [5.41, 5.74) is 0. The van der Waals surface area contributed by atoms with Crippen molar-refractivity contribution in [3.05, 3.63) is 24.3 Å². The minimum absolute atomic E-state index is 0.00502. The second kappa shape index (κ2) is 60.9. The normalized spacial score (nSPS) is 12.7. The van der Waals surface area contributed by atoms with Gasteiger partial charge in [-0.15, -0.1) is 0 Å². The van der Waals surface area contributed by atoms with Crippen LogP contribution in [-0.2, 0) is 14.3 Å². The maximum atomic E-state index is 12.5. The number of hydrogen-bond donors (Lipinski definition) is 3. The van der Waals surface area contributed by atoms with E-state index >= 15 is 0 Å². The molecule has 6 heteroatoms. The van der Waals surface area contributed by atoms with E-state index in [2.05, 4.69) is 31.3 Å². The number of hydrogen-bond acceptors (Lipinski definition) is 5. The van der Waals surface area contributed by atoms with Crippen LogP contribution >= 0.6 is 0 Å². The molecule has 3 N–H and O–H groups in total. The predicted octanol–water partition coefficient (Wildman–Crippen LogP) is 20.2. The topological polar surface area (TPSA) is 95.9 Å². The molecule has 0 aliphatic carbocycles. The molecular weight excluding hydrogens is 875 g/mol. The van der Waals surface area contributed by atoms with Gasteiger partial charge in [0.05, 0.1) is 25.4 Å². The highest BCUT2D eigenvalue weighted by Crippen LogP contribution is 2.18. The van der Waals surface area contributed by atoms with E-state index in [0.717, 1.165) is 57.8 Å². The molecule has 0 bridgehead atoms. The van der Waals surface area contributed by atoms with Gasteiger partial charge in [0.2, 0.25) is 5.91 Å². The van der Waals surface area contributed by atoms with Gasteiger partial charge in [0.1, 0.15) is 0 Å². The molecule has 0 heterocycles. The average Bonchev–Trinajstić information content (AvgIpc) is 3.37. The molecule has 0 aliphatic rings. The molecule has 0 saturated heterocycles. The zero-order chi connectivity index (χ0) is 51.4. The van der Waals surface area contributed by atoms with Crippen molar-refractivity contribution in [1.82, 2.24) is 5.32 Å². The lowest BCUT2D eigenvalue weighted by atomic mass is 10.0. The third-order valence-electron chi connectivity index (χ3n) is 15.0. The molecule has 0 aromatic carbocycles. The summed E-state index contributed by atoms with van der Waals surface area (Å²) in [5, 5.41) is 23.2. The Labute approximate surface area is 443 Å². The minimum Gasteiger partial charge on any atom is -0.466 e. The number of esters is 1. The fourth-order valence-electron chi connectivity index (χ4n) is 10.0. The number of carbonyl (C=O) groups excluding carboxylic acids is 2. The van der Waals surface area contributed by atoms with E-state index in [0.29, 0.717) is 19.4 Å². The SMILES string of the molecule is CCCCCCCCCCCCCCCCCCCCCC/C=C/C(O)C(CO)NC(=O)CCCCCCC/C=C\CCCCCCCCCCCOC(=O)CCCCCCCCCCCCCCCC. The van der Waals surface area contributed by atoms with E-state index in [1.54, 1.807) is 6.08 Å². The zero-order valence-corrected chi connectivity index (χ0v) is 48.0. The Balaban J connectivity index is 3.47. The molecule has 0 aliphatic heterocycles. The Morgan fingerprint density at radius 3 is 1.00 bits per heavy atom. The van der Waals surface area contributed by atoms with Gasteiger partial charge in [0.15, 0.2) is 0 Å². The maximum Gasteiger partial charge on any atom is 0.305 e. The Bertz CT molecular complexity index is 1110. The summed E-state index contributed by atoms with van der Waals surface area (Å²) in [5.74, 6) is -0.0738. The number of aliphatic hydroxyl groups excluding tert-OH is 2. The number of amides is 1. The van der Waals surface area contributed by atoms with Gasteiger partial charge in [-0.25, -0.2) is 0 Å². The Kier molecular flexibility index (Phi) is 59.5. The van der Waals surface area contributed by atoms with Crippen LogP contribution in [-0.4, -0.2) is 47.4 Å². The fourth-order valence-corrected chi connectivity index (χ4v) is 10.0. The average molecular weight is 1000 g/mol. The largest absolute Gasteiger partial charge is 0.466 e.